The summed E-state index contributed by atoms with van der Waals surface area (Å²) in [4.78, 5) is 17.2. The van der Waals surface area contributed by atoms with E-state index in [1.807, 2.05) is 66.9 Å². The van der Waals surface area contributed by atoms with Gasteiger partial charge in [-0.3, -0.25) is 4.79 Å². The summed E-state index contributed by atoms with van der Waals surface area (Å²) in [6.07, 6.45) is 0.101. The monoisotopic (exact) mass is 483 g/mol. The van der Waals surface area contributed by atoms with Crippen LogP contribution < -0.4 is 14.8 Å². The molecule has 35 heavy (non-hydrogen) atoms. The van der Waals surface area contributed by atoms with Gasteiger partial charge in [0.25, 0.3) is 0 Å². The molecule has 0 saturated heterocycles. The van der Waals surface area contributed by atoms with Gasteiger partial charge in [0.15, 0.2) is 0 Å². The Balaban J connectivity index is 1.32. The predicted molar refractivity (Wildman–Crippen MR) is 136 cm³/mol. The Morgan fingerprint density at radius 2 is 1.69 bits per heavy atom. The zero-order valence-corrected chi connectivity index (χ0v) is 20.1. The summed E-state index contributed by atoms with van der Waals surface area (Å²) in [5, 5.41) is 15.1. The summed E-state index contributed by atoms with van der Waals surface area (Å²) in [7, 11) is 0. The molecule has 1 atom stereocenters. The van der Waals surface area contributed by atoms with Crippen molar-refractivity contribution in [3.63, 3.8) is 0 Å². The molecule has 3 aromatic carbocycles. The van der Waals surface area contributed by atoms with Gasteiger partial charge in [-0.2, -0.15) is 5.26 Å². The second-order valence-electron chi connectivity index (χ2n) is 7.75. The maximum Gasteiger partial charge on any atom is 0.227 e. The van der Waals surface area contributed by atoms with E-state index in [1.165, 1.54) is 11.3 Å². The highest BCUT2D eigenvalue weighted by Crippen LogP contribution is 2.26. The second-order valence-corrected chi connectivity index (χ2v) is 8.61. The summed E-state index contributed by atoms with van der Waals surface area (Å²) in [5.41, 5.74) is 3.40. The van der Waals surface area contributed by atoms with Gasteiger partial charge in [-0.05, 0) is 54.4 Å². The van der Waals surface area contributed by atoms with Crippen LogP contribution in [0.4, 0.5) is 0 Å². The summed E-state index contributed by atoms with van der Waals surface area (Å²) in [6, 6.07) is 26.2. The molecular weight excluding hydrogens is 458 g/mol. The zero-order chi connectivity index (χ0) is 24.5. The Hall–Kier alpha value is -4.15. The largest absolute Gasteiger partial charge is 0.494 e. The molecule has 0 aliphatic carbocycles. The molecule has 0 saturated carbocycles. The minimum Gasteiger partial charge on any atom is -0.494 e. The van der Waals surface area contributed by atoms with Gasteiger partial charge in [-0.1, -0.05) is 42.5 Å². The number of carbonyl (C=O) groups excluding carboxylic acids is 1. The maximum absolute atomic E-state index is 12.6. The Bertz CT molecular complexity index is 1280. The molecule has 176 valence electrons. The van der Waals surface area contributed by atoms with Crippen LogP contribution in [0.15, 0.2) is 84.2 Å². The van der Waals surface area contributed by atoms with E-state index < -0.39 is 6.04 Å². The van der Waals surface area contributed by atoms with E-state index in [0.717, 1.165) is 21.9 Å². The number of nitrogens with one attached hydrogen (secondary N) is 1. The van der Waals surface area contributed by atoms with Crippen LogP contribution in [0.5, 0.6) is 11.5 Å². The van der Waals surface area contributed by atoms with Crippen molar-refractivity contribution < 1.29 is 14.3 Å². The number of rotatable bonds is 10. The van der Waals surface area contributed by atoms with Crippen LogP contribution in [-0.4, -0.2) is 17.5 Å². The van der Waals surface area contributed by atoms with Crippen LogP contribution in [-0.2, 0) is 17.8 Å². The van der Waals surface area contributed by atoms with Crippen LogP contribution in [0.2, 0.25) is 0 Å². The van der Waals surface area contributed by atoms with Gasteiger partial charge in [0.1, 0.15) is 29.2 Å². The fraction of sp³-hybridized carbons (Fsp3) is 0.179. The number of carbonyl (C=O) groups is 1. The molecule has 0 radical (unpaired) electrons. The van der Waals surface area contributed by atoms with Crippen LogP contribution in [0.1, 0.15) is 29.8 Å². The van der Waals surface area contributed by atoms with Gasteiger partial charge < -0.3 is 14.8 Å². The standard InChI is InChI=1S/C28H25N3O3S/c1-2-33-24-14-10-22(11-15-24)28-30-23(19-35-28)16-27(32)31-26(17-29)21-8-12-25(13-9-21)34-18-20-6-4-3-5-7-20/h3-15,19,26H,2,16,18H2,1H3,(H,31,32). The molecule has 0 bridgehead atoms. The molecule has 1 N–H and O–H groups in total. The van der Waals surface area contributed by atoms with E-state index in [2.05, 4.69) is 16.4 Å². The Kier molecular flexibility index (Phi) is 8.10. The molecule has 0 fully saturated rings. The molecular formula is C28H25N3O3S. The van der Waals surface area contributed by atoms with Crippen molar-refractivity contribution in [2.75, 3.05) is 6.61 Å². The first-order valence-corrected chi connectivity index (χ1v) is 12.2. The average Bonchev–Trinajstić information content (AvgIpc) is 3.36. The third kappa shape index (κ3) is 6.69. The number of benzene rings is 3. The Morgan fingerprint density at radius 1 is 1.00 bits per heavy atom. The summed E-state index contributed by atoms with van der Waals surface area (Å²) in [5.74, 6) is 1.25. The van der Waals surface area contributed by atoms with Gasteiger partial charge in [0, 0.05) is 10.9 Å². The zero-order valence-electron chi connectivity index (χ0n) is 19.3. The summed E-state index contributed by atoms with van der Waals surface area (Å²) in [6.45, 7) is 3.02. The van der Waals surface area contributed by atoms with Crippen molar-refractivity contribution >= 4 is 17.2 Å². The number of hydrogen-bond donors (Lipinski definition) is 1. The highest BCUT2D eigenvalue weighted by molar-refractivity contribution is 7.13. The van der Waals surface area contributed by atoms with E-state index in [4.69, 9.17) is 9.47 Å². The number of amides is 1. The molecule has 6 nitrogen and oxygen atoms in total. The van der Waals surface area contributed by atoms with Crippen LogP contribution in [0.3, 0.4) is 0 Å². The van der Waals surface area contributed by atoms with E-state index in [9.17, 15) is 10.1 Å². The highest BCUT2D eigenvalue weighted by atomic mass is 32.1. The van der Waals surface area contributed by atoms with Crippen molar-refractivity contribution in [3.8, 4) is 28.1 Å². The topological polar surface area (TPSA) is 84.2 Å². The van der Waals surface area contributed by atoms with Crippen LogP contribution in [0, 0.1) is 11.3 Å². The van der Waals surface area contributed by atoms with E-state index in [-0.39, 0.29) is 12.3 Å². The fourth-order valence-electron chi connectivity index (χ4n) is 3.45. The first-order chi connectivity index (χ1) is 17.1. The number of aromatic nitrogens is 1. The first-order valence-electron chi connectivity index (χ1n) is 11.3. The molecule has 1 heterocycles. The molecule has 1 aromatic heterocycles. The minimum atomic E-state index is -0.755. The van der Waals surface area contributed by atoms with Crippen molar-refractivity contribution in [1.82, 2.24) is 10.3 Å². The molecule has 0 aliphatic rings. The second kappa shape index (κ2) is 11.8. The lowest BCUT2D eigenvalue weighted by atomic mass is 10.1. The molecule has 1 unspecified atom stereocenters. The molecule has 4 rings (SSSR count). The van der Waals surface area contributed by atoms with E-state index >= 15 is 0 Å². The van der Waals surface area contributed by atoms with Gasteiger partial charge in [-0.25, -0.2) is 4.98 Å². The number of nitriles is 1. The minimum absolute atomic E-state index is 0.101. The van der Waals surface area contributed by atoms with Gasteiger partial charge >= 0.3 is 0 Å². The molecule has 0 spiro atoms. The van der Waals surface area contributed by atoms with Gasteiger partial charge in [0.05, 0.1) is 24.8 Å². The summed E-state index contributed by atoms with van der Waals surface area (Å²) >= 11 is 1.48. The smallest absolute Gasteiger partial charge is 0.227 e. The third-order valence-corrected chi connectivity index (χ3v) is 6.14. The van der Waals surface area contributed by atoms with Crippen molar-refractivity contribution in [3.05, 3.63) is 101 Å². The summed E-state index contributed by atoms with van der Waals surface area (Å²) < 4.78 is 11.3. The van der Waals surface area contributed by atoms with Gasteiger partial charge in [0.2, 0.25) is 5.91 Å². The van der Waals surface area contributed by atoms with Gasteiger partial charge in [-0.15, -0.1) is 11.3 Å². The number of thiazole rings is 1. The lowest BCUT2D eigenvalue weighted by molar-refractivity contribution is -0.120. The molecule has 4 aromatic rings. The SMILES string of the molecule is CCOc1ccc(-c2nc(CC(=O)NC(C#N)c3ccc(OCc4ccccc4)cc3)cs2)cc1. The quantitative estimate of drug-likeness (QED) is 0.312. The number of hydrogen-bond acceptors (Lipinski definition) is 6. The third-order valence-electron chi connectivity index (χ3n) is 5.20. The normalized spacial score (nSPS) is 11.3. The van der Waals surface area contributed by atoms with Crippen LogP contribution in [0.25, 0.3) is 10.6 Å². The lowest BCUT2D eigenvalue weighted by Crippen LogP contribution is -2.29. The lowest BCUT2D eigenvalue weighted by Gasteiger charge is -2.13. The van der Waals surface area contributed by atoms with E-state index in [1.54, 1.807) is 24.3 Å². The average molecular weight is 484 g/mol. The first kappa shape index (κ1) is 24.0. The van der Waals surface area contributed by atoms with Crippen molar-refractivity contribution in [1.29, 1.82) is 5.26 Å². The molecule has 0 aliphatic heterocycles. The molecule has 7 heteroatoms. The molecule has 1 amide bonds. The predicted octanol–water partition coefficient (Wildman–Crippen LogP) is 5.71. The highest BCUT2D eigenvalue weighted by Gasteiger charge is 2.16. The maximum atomic E-state index is 12.6. The van der Waals surface area contributed by atoms with Crippen molar-refractivity contribution in [2.45, 2.75) is 26.0 Å². The van der Waals surface area contributed by atoms with Crippen LogP contribution >= 0.6 is 11.3 Å². The van der Waals surface area contributed by atoms with E-state index in [0.29, 0.717) is 30.2 Å². The Morgan fingerprint density at radius 3 is 2.37 bits per heavy atom. The van der Waals surface area contributed by atoms with Crippen molar-refractivity contribution in [2.24, 2.45) is 0 Å². The number of nitrogens with zero attached hydrogens (tertiary/aromatic N) is 2. The Labute approximate surface area is 208 Å². The number of ether oxygens (including phenoxy) is 2. The fourth-order valence-corrected chi connectivity index (χ4v) is 4.27.